The van der Waals surface area contributed by atoms with Crippen LogP contribution >= 0.6 is 0 Å². The average Bonchev–Trinajstić information content (AvgIpc) is 2.84. The lowest BCUT2D eigenvalue weighted by molar-refractivity contribution is 0.0666. The molecule has 1 amide bonds. The minimum absolute atomic E-state index is 0.00999. The molecule has 1 atom stereocenters. The van der Waals surface area contributed by atoms with Crippen LogP contribution in [0, 0.1) is 0 Å². The number of rotatable bonds is 9. The number of nitrogens with zero attached hydrogens (tertiary/aromatic N) is 1. The van der Waals surface area contributed by atoms with Gasteiger partial charge < -0.3 is 24.4 Å². The van der Waals surface area contributed by atoms with Crippen molar-refractivity contribution >= 4 is 11.6 Å². The number of nitrogens with one attached hydrogen (secondary N) is 1. The maximum Gasteiger partial charge on any atom is 0.258 e. The summed E-state index contributed by atoms with van der Waals surface area (Å²) in [6.07, 6.45) is -0.344. The molecular formula is C26H28N2O4. The fourth-order valence-corrected chi connectivity index (χ4v) is 3.83. The standard InChI is InChI=1S/C26H28N2O4/c1-3-31-15-16-32-23-14-13-20(17-24(23)30-2)25-27-22-12-8-7-11-21(22)26(29)28(25)18-19-9-5-4-6-10-19/h4-14,17,25,27H,3,15-16,18H2,1-2H3. The number of carbonyl (C=O) groups excluding carboxylic acids is 1. The SMILES string of the molecule is CCOCCOc1ccc(C2Nc3ccccc3C(=O)N2Cc2ccccc2)cc1OC. The summed E-state index contributed by atoms with van der Waals surface area (Å²) in [6.45, 7) is 4.05. The van der Waals surface area contributed by atoms with Crippen molar-refractivity contribution in [1.82, 2.24) is 4.90 Å². The van der Waals surface area contributed by atoms with E-state index >= 15 is 0 Å². The first kappa shape index (κ1) is 21.7. The van der Waals surface area contributed by atoms with Gasteiger partial charge in [0.15, 0.2) is 11.5 Å². The number of fused-ring (bicyclic) bond motifs is 1. The van der Waals surface area contributed by atoms with Crippen molar-refractivity contribution in [1.29, 1.82) is 0 Å². The van der Waals surface area contributed by atoms with Gasteiger partial charge in [0.1, 0.15) is 12.8 Å². The Kier molecular flexibility index (Phi) is 6.92. The van der Waals surface area contributed by atoms with Gasteiger partial charge in [0, 0.05) is 18.8 Å². The highest BCUT2D eigenvalue weighted by atomic mass is 16.5. The van der Waals surface area contributed by atoms with Crippen LogP contribution in [0.4, 0.5) is 5.69 Å². The van der Waals surface area contributed by atoms with Gasteiger partial charge in [0.2, 0.25) is 0 Å². The molecule has 3 aromatic carbocycles. The third-order valence-electron chi connectivity index (χ3n) is 5.41. The number of anilines is 1. The van der Waals surface area contributed by atoms with E-state index in [-0.39, 0.29) is 12.1 Å². The number of hydrogen-bond acceptors (Lipinski definition) is 5. The summed E-state index contributed by atoms with van der Waals surface area (Å²) < 4.78 is 16.8. The molecule has 0 aliphatic carbocycles. The Balaban J connectivity index is 1.65. The second-order valence-corrected chi connectivity index (χ2v) is 7.47. The summed E-state index contributed by atoms with van der Waals surface area (Å²) in [4.78, 5) is 15.3. The van der Waals surface area contributed by atoms with Crippen molar-refractivity contribution in [2.45, 2.75) is 19.6 Å². The van der Waals surface area contributed by atoms with Gasteiger partial charge in [-0.2, -0.15) is 0 Å². The smallest absolute Gasteiger partial charge is 0.258 e. The largest absolute Gasteiger partial charge is 0.493 e. The Morgan fingerprint density at radius 3 is 2.50 bits per heavy atom. The van der Waals surface area contributed by atoms with E-state index in [1.807, 2.05) is 84.6 Å². The zero-order valence-corrected chi connectivity index (χ0v) is 18.4. The van der Waals surface area contributed by atoms with Gasteiger partial charge in [0.25, 0.3) is 5.91 Å². The number of methoxy groups -OCH3 is 1. The van der Waals surface area contributed by atoms with Gasteiger partial charge in [-0.3, -0.25) is 4.79 Å². The monoisotopic (exact) mass is 432 g/mol. The van der Waals surface area contributed by atoms with Crippen LogP contribution in [0.25, 0.3) is 0 Å². The van der Waals surface area contributed by atoms with Crippen LogP contribution in [-0.4, -0.2) is 37.7 Å². The Morgan fingerprint density at radius 2 is 1.72 bits per heavy atom. The maximum absolute atomic E-state index is 13.4. The molecule has 0 fully saturated rings. The van der Waals surface area contributed by atoms with Crippen LogP contribution in [0.2, 0.25) is 0 Å². The highest BCUT2D eigenvalue weighted by Gasteiger charge is 2.33. The first-order chi connectivity index (χ1) is 15.7. The molecular weight excluding hydrogens is 404 g/mol. The predicted octanol–water partition coefficient (Wildman–Crippen LogP) is 4.88. The summed E-state index contributed by atoms with van der Waals surface area (Å²) in [6, 6.07) is 23.4. The number of carbonyl (C=O) groups is 1. The topological polar surface area (TPSA) is 60.0 Å². The highest BCUT2D eigenvalue weighted by molar-refractivity contribution is 6.01. The van der Waals surface area contributed by atoms with Crippen LogP contribution in [0.3, 0.4) is 0 Å². The Bertz CT molecular complexity index is 1050. The van der Waals surface area contributed by atoms with Gasteiger partial charge in [-0.05, 0) is 42.3 Å². The van der Waals surface area contributed by atoms with Crippen LogP contribution < -0.4 is 14.8 Å². The Morgan fingerprint density at radius 1 is 0.938 bits per heavy atom. The van der Waals surface area contributed by atoms with E-state index in [1.165, 1.54) is 0 Å². The molecule has 1 N–H and O–H groups in total. The van der Waals surface area contributed by atoms with Crippen LogP contribution in [-0.2, 0) is 11.3 Å². The van der Waals surface area contributed by atoms with Gasteiger partial charge in [0.05, 0.1) is 19.3 Å². The third kappa shape index (κ3) is 4.70. The Hall–Kier alpha value is -3.51. The van der Waals surface area contributed by atoms with Crippen LogP contribution in [0.5, 0.6) is 11.5 Å². The van der Waals surface area contributed by atoms with Crippen molar-refractivity contribution in [3.63, 3.8) is 0 Å². The minimum Gasteiger partial charge on any atom is -0.493 e. The van der Waals surface area contributed by atoms with Crippen molar-refractivity contribution in [2.24, 2.45) is 0 Å². The molecule has 0 aromatic heterocycles. The molecule has 0 saturated carbocycles. The van der Waals surface area contributed by atoms with E-state index in [1.54, 1.807) is 7.11 Å². The van der Waals surface area contributed by atoms with E-state index in [0.717, 1.165) is 16.8 Å². The van der Waals surface area contributed by atoms with Gasteiger partial charge in [-0.1, -0.05) is 48.5 Å². The average molecular weight is 433 g/mol. The minimum atomic E-state index is -0.344. The molecule has 1 heterocycles. The van der Waals surface area contributed by atoms with E-state index in [9.17, 15) is 4.79 Å². The van der Waals surface area contributed by atoms with Crippen LogP contribution in [0.15, 0.2) is 72.8 Å². The summed E-state index contributed by atoms with van der Waals surface area (Å²) in [5.74, 6) is 1.25. The normalized spacial score (nSPS) is 15.1. The van der Waals surface area contributed by atoms with Gasteiger partial charge in [-0.25, -0.2) is 0 Å². The second kappa shape index (κ2) is 10.2. The van der Waals surface area contributed by atoms with Gasteiger partial charge >= 0.3 is 0 Å². The van der Waals surface area contributed by atoms with Crippen molar-refractivity contribution in [2.75, 3.05) is 32.2 Å². The summed E-state index contributed by atoms with van der Waals surface area (Å²) >= 11 is 0. The molecule has 1 aliphatic rings. The van der Waals surface area contributed by atoms with E-state index in [4.69, 9.17) is 14.2 Å². The lowest BCUT2D eigenvalue weighted by Gasteiger charge is -2.38. The number of benzene rings is 3. The molecule has 4 rings (SSSR count). The predicted molar refractivity (Wildman–Crippen MR) is 124 cm³/mol. The second-order valence-electron chi connectivity index (χ2n) is 7.47. The third-order valence-corrected chi connectivity index (χ3v) is 5.41. The number of ether oxygens (including phenoxy) is 3. The molecule has 3 aromatic rings. The molecule has 0 spiro atoms. The van der Waals surface area contributed by atoms with Crippen molar-refractivity contribution in [3.8, 4) is 11.5 Å². The molecule has 0 bridgehead atoms. The molecule has 0 saturated heterocycles. The fourth-order valence-electron chi connectivity index (χ4n) is 3.83. The first-order valence-corrected chi connectivity index (χ1v) is 10.8. The van der Waals surface area contributed by atoms with Crippen molar-refractivity contribution in [3.05, 3.63) is 89.5 Å². The molecule has 166 valence electrons. The fraction of sp³-hybridized carbons (Fsp3) is 0.269. The molecule has 1 aliphatic heterocycles. The number of amides is 1. The molecule has 1 unspecified atom stereocenters. The van der Waals surface area contributed by atoms with Crippen molar-refractivity contribution < 1.29 is 19.0 Å². The quantitative estimate of drug-likeness (QED) is 0.489. The molecule has 6 heteroatoms. The highest BCUT2D eigenvalue weighted by Crippen LogP contribution is 2.37. The zero-order chi connectivity index (χ0) is 22.3. The summed E-state index contributed by atoms with van der Waals surface area (Å²) in [5, 5.41) is 3.53. The van der Waals surface area contributed by atoms with Crippen LogP contribution in [0.1, 0.15) is 34.6 Å². The van der Waals surface area contributed by atoms with E-state index in [0.29, 0.717) is 43.4 Å². The molecule has 32 heavy (non-hydrogen) atoms. The van der Waals surface area contributed by atoms with E-state index in [2.05, 4.69) is 5.32 Å². The van der Waals surface area contributed by atoms with Gasteiger partial charge in [-0.15, -0.1) is 0 Å². The molecule has 0 radical (unpaired) electrons. The number of para-hydroxylation sites is 1. The zero-order valence-electron chi connectivity index (χ0n) is 18.4. The van der Waals surface area contributed by atoms with E-state index < -0.39 is 0 Å². The Labute approximate surface area is 188 Å². The molecule has 6 nitrogen and oxygen atoms in total. The maximum atomic E-state index is 13.4. The lowest BCUT2D eigenvalue weighted by atomic mass is 10.0. The number of hydrogen-bond donors (Lipinski definition) is 1. The lowest BCUT2D eigenvalue weighted by Crippen LogP contribution is -2.42. The summed E-state index contributed by atoms with van der Waals surface area (Å²) in [5.41, 5.74) is 3.47. The summed E-state index contributed by atoms with van der Waals surface area (Å²) in [7, 11) is 1.62. The first-order valence-electron chi connectivity index (χ1n) is 10.8.